The third-order valence-corrected chi connectivity index (χ3v) is 10.4. The number of ether oxygens (including phenoxy) is 2. The molecule has 262 valence electrons. The summed E-state index contributed by atoms with van der Waals surface area (Å²) >= 11 is 6.93. The number of halogens is 1. The largest absolute Gasteiger partial charge is 0.493 e. The van der Waals surface area contributed by atoms with Gasteiger partial charge in [0.2, 0.25) is 0 Å². The number of nitrogens with zero attached hydrogens (tertiary/aromatic N) is 1. The van der Waals surface area contributed by atoms with Crippen molar-refractivity contribution >= 4 is 34.8 Å². The Labute approximate surface area is 300 Å². The van der Waals surface area contributed by atoms with E-state index in [4.69, 9.17) is 21.1 Å². The molecule has 7 nitrogen and oxygen atoms in total. The van der Waals surface area contributed by atoms with Gasteiger partial charge in [-0.25, -0.2) is 0 Å². The Morgan fingerprint density at radius 3 is 2.10 bits per heavy atom. The highest BCUT2D eigenvalue weighted by Gasteiger charge is 2.49. The molecule has 0 bridgehead atoms. The van der Waals surface area contributed by atoms with Gasteiger partial charge in [-0.1, -0.05) is 81.8 Å². The first-order valence-electron chi connectivity index (χ1n) is 17.4. The summed E-state index contributed by atoms with van der Waals surface area (Å²) in [6.45, 7) is 12.8. The highest BCUT2D eigenvalue weighted by molar-refractivity contribution is 6.32. The van der Waals surface area contributed by atoms with E-state index in [9.17, 15) is 14.4 Å². The summed E-state index contributed by atoms with van der Waals surface area (Å²) < 4.78 is 11.8. The molecule has 8 heteroatoms. The van der Waals surface area contributed by atoms with Crippen molar-refractivity contribution in [1.29, 1.82) is 0 Å². The van der Waals surface area contributed by atoms with Gasteiger partial charge in [0.25, 0.3) is 5.91 Å². The Morgan fingerprint density at radius 2 is 1.50 bits per heavy atom. The zero-order chi connectivity index (χ0) is 36.0. The minimum absolute atomic E-state index is 0.0497. The van der Waals surface area contributed by atoms with Crippen LogP contribution in [-0.4, -0.2) is 42.6 Å². The molecule has 2 aliphatic carbocycles. The molecule has 3 aromatic carbocycles. The first kappa shape index (κ1) is 35.5. The smallest absolute Gasteiger partial charge is 0.262 e. The highest BCUT2D eigenvalue weighted by atomic mass is 35.5. The van der Waals surface area contributed by atoms with E-state index >= 15 is 0 Å². The number of nitrogens with one attached hydrogen (secondary N) is 1. The fourth-order valence-corrected chi connectivity index (χ4v) is 8.05. The molecule has 0 fully saturated rings. The quantitative estimate of drug-likeness (QED) is 0.241. The number of amides is 1. The van der Waals surface area contributed by atoms with Gasteiger partial charge in [0.15, 0.2) is 29.7 Å². The van der Waals surface area contributed by atoms with Crippen LogP contribution in [0.1, 0.15) is 81.5 Å². The van der Waals surface area contributed by atoms with Crippen molar-refractivity contribution in [2.75, 3.05) is 25.6 Å². The lowest BCUT2D eigenvalue weighted by atomic mass is 9.63. The minimum atomic E-state index is -0.590. The number of rotatable bonds is 9. The van der Waals surface area contributed by atoms with Crippen LogP contribution in [0.4, 0.5) is 5.69 Å². The predicted molar refractivity (Wildman–Crippen MR) is 198 cm³/mol. The van der Waals surface area contributed by atoms with Crippen molar-refractivity contribution in [2.45, 2.75) is 79.6 Å². The standard InChI is InChI=1S/C42H47ClN2O5/c1-25-13-14-26(2)30(17-25)44-36(48)24-50-40-29(43)18-28(19-35(40)49-7)37-38-31(20-41(3,4)22-33(38)46)45(16-15-27-11-9-8-10-12-27)32-21-42(5,6)23-34(47)39(32)37/h8-14,17-19,37H,15-16,20-24H2,1-7H3,(H,44,48). The molecular weight excluding hydrogens is 648 g/mol. The van der Waals surface area contributed by atoms with E-state index in [-0.39, 0.29) is 45.7 Å². The molecule has 1 N–H and O–H groups in total. The first-order chi connectivity index (χ1) is 23.7. The second-order valence-electron chi connectivity index (χ2n) is 15.6. The third-order valence-electron chi connectivity index (χ3n) is 10.1. The van der Waals surface area contributed by atoms with Crippen LogP contribution in [0.15, 0.2) is 83.2 Å². The van der Waals surface area contributed by atoms with Crippen LogP contribution in [0.5, 0.6) is 11.5 Å². The van der Waals surface area contributed by atoms with Crippen molar-refractivity contribution in [2.24, 2.45) is 10.8 Å². The fraction of sp³-hybridized carbons (Fsp3) is 0.405. The lowest BCUT2D eigenvalue weighted by Crippen LogP contribution is -2.45. The maximum atomic E-state index is 14.3. The topological polar surface area (TPSA) is 84.9 Å². The normalized spacial score (nSPS) is 18.5. The summed E-state index contributed by atoms with van der Waals surface area (Å²) in [5, 5.41) is 3.15. The average molecular weight is 695 g/mol. The maximum absolute atomic E-state index is 14.3. The summed E-state index contributed by atoms with van der Waals surface area (Å²) in [5.74, 6) is -0.269. The SMILES string of the molecule is COc1cc(C2C3=C(CC(C)(C)CC3=O)N(CCc3ccccc3)C3=C2C(=O)CC(C)(C)C3)cc(Cl)c1OCC(=O)Nc1cc(C)ccc1C. The Morgan fingerprint density at radius 1 is 0.880 bits per heavy atom. The number of hydrogen-bond donors (Lipinski definition) is 1. The van der Waals surface area contributed by atoms with Gasteiger partial charge in [0.1, 0.15) is 0 Å². The van der Waals surface area contributed by atoms with Crippen LogP contribution >= 0.6 is 11.6 Å². The van der Waals surface area contributed by atoms with E-state index in [1.54, 1.807) is 6.07 Å². The zero-order valence-corrected chi connectivity index (χ0v) is 30.9. The summed E-state index contributed by atoms with van der Waals surface area (Å²) in [6.07, 6.45) is 2.99. The zero-order valence-electron chi connectivity index (χ0n) is 30.2. The molecule has 3 aliphatic rings. The van der Waals surface area contributed by atoms with Crippen LogP contribution in [0, 0.1) is 24.7 Å². The molecule has 1 amide bonds. The van der Waals surface area contributed by atoms with Crippen molar-refractivity contribution in [1.82, 2.24) is 4.90 Å². The Balaban J connectivity index is 1.40. The molecule has 3 aromatic rings. The number of carbonyl (C=O) groups is 3. The van der Waals surface area contributed by atoms with E-state index in [1.807, 2.05) is 56.3 Å². The molecule has 0 spiro atoms. The van der Waals surface area contributed by atoms with Crippen molar-refractivity contribution < 1.29 is 23.9 Å². The number of Topliss-reactive ketones (excluding diaryl/α,β-unsaturated/α-hetero) is 2. The molecule has 0 atom stereocenters. The molecule has 0 saturated carbocycles. The first-order valence-corrected chi connectivity index (χ1v) is 17.8. The van der Waals surface area contributed by atoms with Crippen LogP contribution in [0.25, 0.3) is 0 Å². The lowest BCUT2D eigenvalue weighted by molar-refractivity contribution is -0.120. The molecule has 6 rings (SSSR count). The van der Waals surface area contributed by atoms with Crippen molar-refractivity contribution in [3.8, 4) is 11.5 Å². The van der Waals surface area contributed by atoms with Crippen LogP contribution in [-0.2, 0) is 20.8 Å². The van der Waals surface area contributed by atoms with Gasteiger partial charge >= 0.3 is 0 Å². The average Bonchev–Trinajstić information content (AvgIpc) is 3.03. The van der Waals surface area contributed by atoms with Gasteiger partial charge in [0, 0.05) is 53.5 Å². The number of benzene rings is 3. The molecule has 0 saturated heterocycles. The van der Waals surface area contributed by atoms with E-state index in [2.05, 4.69) is 50.0 Å². The fourth-order valence-electron chi connectivity index (χ4n) is 7.78. The van der Waals surface area contributed by atoms with Crippen LogP contribution in [0.3, 0.4) is 0 Å². The minimum Gasteiger partial charge on any atom is -0.493 e. The van der Waals surface area contributed by atoms with Gasteiger partial charge in [-0.2, -0.15) is 0 Å². The van der Waals surface area contributed by atoms with Crippen molar-refractivity contribution in [3.05, 3.63) is 110 Å². The Hall–Kier alpha value is -4.36. The summed E-state index contributed by atoms with van der Waals surface area (Å²) in [6, 6.07) is 19.8. The van der Waals surface area contributed by atoms with Gasteiger partial charge in [-0.3, -0.25) is 14.4 Å². The lowest BCUT2D eigenvalue weighted by Gasteiger charge is -2.49. The van der Waals surface area contributed by atoms with Gasteiger partial charge in [-0.15, -0.1) is 0 Å². The van der Waals surface area contributed by atoms with E-state index in [0.717, 1.165) is 34.6 Å². The maximum Gasteiger partial charge on any atom is 0.262 e. The number of hydrogen-bond acceptors (Lipinski definition) is 6. The monoisotopic (exact) mass is 694 g/mol. The third kappa shape index (κ3) is 7.25. The molecule has 0 aromatic heterocycles. The number of ketones is 2. The van der Waals surface area contributed by atoms with Gasteiger partial charge in [-0.05, 0) is 84.4 Å². The Kier molecular flexibility index (Phi) is 9.75. The number of aryl methyl sites for hydroxylation is 2. The van der Waals surface area contributed by atoms with E-state index in [0.29, 0.717) is 54.7 Å². The summed E-state index contributed by atoms with van der Waals surface area (Å²) in [4.78, 5) is 43.8. The van der Waals surface area contributed by atoms with Crippen LogP contribution in [0.2, 0.25) is 5.02 Å². The molecule has 1 heterocycles. The van der Waals surface area contributed by atoms with E-state index in [1.165, 1.54) is 12.7 Å². The summed E-state index contributed by atoms with van der Waals surface area (Å²) in [7, 11) is 1.52. The molecule has 0 unspecified atom stereocenters. The molecule has 0 radical (unpaired) electrons. The Bertz CT molecular complexity index is 1870. The second kappa shape index (κ2) is 13.7. The number of allylic oxidation sites excluding steroid dienone is 4. The van der Waals surface area contributed by atoms with Gasteiger partial charge in [0.05, 0.1) is 12.1 Å². The number of anilines is 1. The number of carbonyl (C=O) groups excluding carboxylic acids is 3. The second-order valence-corrected chi connectivity index (χ2v) is 16.0. The van der Waals surface area contributed by atoms with Crippen molar-refractivity contribution in [3.63, 3.8) is 0 Å². The summed E-state index contributed by atoms with van der Waals surface area (Å²) in [5.41, 5.74) is 7.46. The molecule has 1 aliphatic heterocycles. The molecular formula is C42H47ClN2O5. The highest BCUT2D eigenvalue weighted by Crippen LogP contribution is 2.55. The van der Waals surface area contributed by atoms with E-state index < -0.39 is 5.92 Å². The number of methoxy groups -OCH3 is 1. The van der Waals surface area contributed by atoms with Crippen LogP contribution < -0.4 is 14.8 Å². The molecule has 50 heavy (non-hydrogen) atoms. The van der Waals surface area contributed by atoms with Gasteiger partial charge < -0.3 is 19.7 Å². The predicted octanol–water partition coefficient (Wildman–Crippen LogP) is 8.91.